The van der Waals surface area contributed by atoms with Crippen LogP contribution in [0.15, 0.2) is 95.5 Å². The van der Waals surface area contributed by atoms with Gasteiger partial charge in [0.25, 0.3) is 0 Å². The molecule has 0 heterocycles. The Labute approximate surface area is 696 Å². The van der Waals surface area contributed by atoms with Crippen LogP contribution in [0.2, 0.25) is 0 Å². The molecule has 620 valence electrons. The van der Waals surface area contributed by atoms with E-state index in [1.807, 2.05) is 0 Å². The molecule has 2 aromatic rings. The summed E-state index contributed by atoms with van der Waals surface area (Å²) >= 11 is 0. The fourth-order valence-corrected chi connectivity index (χ4v) is 15.1. The number of esters is 4. The summed E-state index contributed by atoms with van der Waals surface area (Å²) in [4.78, 5) is 50.0. The third-order valence-corrected chi connectivity index (χ3v) is 22.2. The SMILES string of the molecule is CCCCCCCCCCCCCCCCC/C=C/OC(=O)c1cccc(S(=O)(=O)[O-])c1C(=O)O/C=C/CCCCCCCCCCCCCCCCC.CCCCCCCCCCCCCCCCC/C=C/OC(=O)c1cccc(S(=O)(=O)[O-])c1C(=O)O/C=C/CCCCCCCCCCCCCCCCC.[Ca+2]. The predicted molar refractivity (Wildman–Crippen MR) is 451 cm³/mol. The number of unbranched alkanes of at least 4 members (excludes halogenated alkanes) is 60. The first-order chi connectivity index (χ1) is 52.6. The largest absolute Gasteiger partial charge is 2.00 e. The second-order valence-electron chi connectivity index (χ2n) is 30.3. The monoisotopic (exact) mass is 1590 g/mol. The second kappa shape index (κ2) is 77.0. The molecule has 0 aliphatic heterocycles. The number of benzene rings is 2. The molecule has 17 heteroatoms. The van der Waals surface area contributed by atoms with E-state index in [0.717, 1.165) is 76.3 Å². The van der Waals surface area contributed by atoms with Crippen LogP contribution >= 0.6 is 0 Å². The minimum atomic E-state index is -5.05. The molecule has 0 amide bonds. The Bertz CT molecular complexity index is 2670. The van der Waals surface area contributed by atoms with Gasteiger partial charge in [-0.25, -0.2) is 36.0 Å². The summed E-state index contributed by atoms with van der Waals surface area (Å²) in [6.45, 7) is 9.03. The van der Waals surface area contributed by atoms with Gasteiger partial charge in [-0.1, -0.05) is 399 Å². The quantitative estimate of drug-likeness (QED) is 0.0150. The first-order valence-electron chi connectivity index (χ1n) is 44.3. The van der Waals surface area contributed by atoms with Gasteiger partial charge in [0.2, 0.25) is 0 Å². The van der Waals surface area contributed by atoms with Gasteiger partial charge in [-0.2, -0.15) is 0 Å². The number of allylic oxidation sites excluding steroid dienone is 4. The summed E-state index contributed by atoms with van der Waals surface area (Å²) in [7, 11) is -10.1. The zero-order valence-corrected chi connectivity index (χ0v) is 73.4. The van der Waals surface area contributed by atoms with E-state index < -0.39 is 65.0 Å². The number of hydrogen-bond acceptors (Lipinski definition) is 14. The van der Waals surface area contributed by atoms with E-state index in [0.29, 0.717) is 12.8 Å². The van der Waals surface area contributed by atoms with E-state index in [-0.39, 0.29) is 48.9 Å². The molecule has 0 aromatic heterocycles. The van der Waals surface area contributed by atoms with Crippen LogP contribution in [0.3, 0.4) is 0 Å². The summed E-state index contributed by atoms with van der Waals surface area (Å²) < 4.78 is 92.5. The summed E-state index contributed by atoms with van der Waals surface area (Å²) in [5.41, 5.74) is -1.87. The van der Waals surface area contributed by atoms with Crippen molar-refractivity contribution in [3.8, 4) is 0 Å². The maximum Gasteiger partial charge on any atom is 2.00 e. The van der Waals surface area contributed by atoms with E-state index in [1.165, 1.54) is 383 Å². The number of ether oxygens (including phenoxy) is 4. The molecule has 0 radical (unpaired) electrons. The summed E-state index contributed by atoms with van der Waals surface area (Å²) in [6.07, 6.45) is 91.9. The Kier molecular flexibility index (Phi) is 74.4. The molecular weight excluding hydrogens is 1430 g/mol. The molecule has 0 saturated carbocycles. The predicted octanol–water partition coefficient (Wildman–Crippen LogP) is 28.5. The molecule has 0 spiro atoms. The van der Waals surface area contributed by atoms with E-state index in [4.69, 9.17) is 18.9 Å². The molecule has 109 heavy (non-hydrogen) atoms. The van der Waals surface area contributed by atoms with Crippen LogP contribution in [0.4, 0.5) is 0 Å². The Morgan fingerprint density at radius 3 is 0.578 bits per heavy atom. The van der Waals surface area contributed by atoms with Gasteiger partial charge in [-0.15, -0.1) is 0 Å². The second-order valence-corrected chi connectivity index (χ2v) is 33.0. The van der Waals surface area contributed by atoms with Crippen molar-refractivity contribution in [1.82, 2.24) is 0 Å². The maximum atomic E-state index is 12.9. The van der Waals surface area contributed by atoms with E-state index in [1.54, 1.807) is 24.3 Å². The van der Waals surface area contributed by atoms with Crippen LogP contribution in [-0.4, -0.2) is 87.6 Å². The van der Waals surface area contributed by atoms with Crippen LogP contribution in [0.5, 0.6) is 0 Å². The zero-order chi connectivity index (χ0) is 78.8. The fourth-order valence-electron chi connectivity index (χ4n) is 13.7. The first kappa shape index (κ1) is 105. The Morgan fingerprint density at radius 2 is 0.413 bits per heavy atom. The molecule has 0 bridgehead atoms. The van der Waals surface area contributed by atoms with Crippen molar-refractivity contribution in [1.29, 1.82) is 0 Å². The minimum absolute atomic E-state index is 0. The van der Waals surface area contributed by atoms with Gasteiger partial charge < -0.3 is 28.1 Å². The van der Waals surface area contributed by atoms with Crippen molar-refractivity contribution in [2.75, 3.05) is 0 Å². The third kappa shape index (κ3) is 62.4. The molecule has 2 aromatic carbocycles. The molecule has 0 fully saturated rings. The van der Waals surface area contributed by atoms with Crippen molar-refractivity contribution < 1.29 is 64.1 Å². The number of hydrogen-bond donors (Lipinski definition) is 0. The number of carbonyl (C=O) groups is 4. The van der Waals surface area contributed by atoms with Crippen LogP contribution in [0, 0.1) is 0 Å². The Hall–Kier alpha value is -3.64. The van der Waals surface area contributed by atoms with Crippen LogP contribution < -0.4 is 0 Å². The molecule has 0 unspecified atom stereocenters. The Morgan fingerprint density at radius 1 is 0.257 bits per heavy atom. The van der Waals surface area contributed by atoms with Crippen molar-refractivity contribution in [2.24, 2.45) is 0 Å². The average Bonchev–Trinajstić information content (AvgIpc) is 0.798. The Balaban J connectivity index is 0.00000212. The van der Waals surface area contributed by atoms with Gasteiger partial charge in [0.1, 0.15) is 20.2 Å². The fraction of sp³-hybridized carbons (Fsp3) is 0.739. The standard InChI is InChI=1S/2C46H78O7S.Ca/c2*1-3-5-7-9-11-13-15-17-19-21-23-25-27-29-31-33-35-40-52-45(47)42-38-37-39-43(54(49,50)51)44(42)46(48)53-41-36-34-32-30-28-26-24-22-20-18-16-14-12-10-8-6-4-2;/h2*35-41H,3-34H2,1-2H3,(H,49,50,51);/q;;+2/p-2/b2*40-35+,41-36+;. The normalized spacial score (nSPS) is 11.8. The van der Waals surface area contributed by atoms with Crippen molar-refractivity contribution in [3.05, 3.63) is 108 Å². The first-order valence-corrected chi connectivity index (χ1v) is 47.1. The molecule has 0 aliphatic rings. The van der Waals surface area contributed by atoms with Crippen molar-refractivity contribution in [3.63, 3.8) is 0 Å². The minimum Gasteiger partial charge on any atom is -0.744 e. The zero-order valence-electron chi connectivity index (χ0n) is 69.6. The molecule has 0 saturated heterocycles. The summed E-state index contributed by atoms with van der Waals surface area (Å²) in [6, 6.07) is 7.00. The van der Waals surface area contributed by atoms with Gasteiger partial charge in [-0.05, 0) is 99.9 Å². The number of carbonyl (C=O) groups excluding carboxylic acids is 4. The van der Waals surface area contributed by atoms with Crippen LogP contribution in [0.25, 0.3) is 0 Å². The topological polar surface area (TPSA) is 220 Å². The molecule has 14 nitrogen and oxygen atoms in total. The molecular formula is C92H154CaO14S2. The van der Waals surface area contributed by atoms with Gasteiger partial charge in [-0.3, -0.25) is 0 Å². The molecule has 0 atom stereocenters. The van der Waals surface area contributed by atoms with Crippen molar-refractivity contribution >= 4 is 81.9 Å². The van der Waals surface area contributed by atoms with E-state index in [2.05, 4.69) is 27.7 Å². The van der Waals surface area contributed by atoms with Gasteiger partial charge in [0.15, 0.2) is 0 Å². The molecule has 0 N–H and O–H groups in total. The van der Waals surface area contributed by atoms with Crippen LogP contribution in [0.1, 0.15) is 480 Å². The third-order valence-electron chi connectivity index (χ3n) is 20.4. The van der Waals surface area contributed by atoms with E-state index >= 15 is 0 Å². The molecule has 0 aliphatic carbocycles. The van der Waals surface area contributed by atoms with Gasteiger partial charge >= 0.3 is 61.6 Å². The van der Waals surface area contributed by atoms with Crippen molar-refractivity contribution in [2.45, 2.75) is 448 Å². The molecule has 2 rings (SSSR count). The summed E-state index contributed by atoms with van der Waals surface area (Å²) in [5.74, 6) is -4.04. The van der Waals surface area contributed by atoms with Crippen LogP contribution in [-0.2, 0) is 39.2 Å². The smallest absolute Gasteiger partial charge is 0.744 e. The van der Waals surface area contributed by atoms with Gasteiger partial charge in [0, 0.05) is 0 Å². The van der Waals surface area contributed by atoms with E-state index in [9.17, 15) is 45.1 Å². The number of rotatable bonds is 74. The maximum absolute atomic E-state index is 12.9. The summed E-state index contributed by atoms with van der Waals surface area (Å²) in [5, 5.41) is 0. The average molecular weight is 1590 g/mol. The van der Waals surface area contributed by atoms with Gasteiger partial charge in [0.05, 0.1) is 57.1 Å².